The molecule has 40 heavy (non-hydrogen) atoms. The minimum atomic E-state index is -0.471. The number of ether oxygens (including phenoxy) is 1. The molecule has 0 radical (unpaired) electrons. The van der Waals surface area contributed by atoms with Gasteiger partial charge in [0.05, 0.1) is 23.3 Å². The van der Waals surface area contributed by atoms with Gasteiger partial charge in [-0.2, -0.15) is 0 Å². The van der Waals surface area contributed by atoms with Crippen molar-refractivity contribution in [1.82, 2.24) is 14.8 Å². The Balaban J connectivity index is 1.48. The zero-order chi connectivity index (χ0) is 28.6. The molecule has 0 saturated carbocycles. The predicted octanol–water partition coefficient (Wildman–Crippen LogP) is 4.59. The van der Waals surface area contributed by atoms with Crippen LogP contribution in [0.3, 0.4) is 0 Å². The number of aromatic amines is 1. The van der Waals surface area contributed by atoms with Crippen LogP contribution < -0.4 is 5.73 Å². The number of piperidine rings is 1. The van der Waals surface area contributed by atoms with Crippen LogP contribution in [0.25, 0.3) is 16.5 Å². The molecule has 0 spiro atoms. The maximum absolute atomic E-state index is 14.0. The molecular weight excluding hydrogens is 504 g/mol. The van der Waals surface area contributed by atoms with Crippen LogP contribution in [-0.2, 0) is 26.3 Å². The molecule has 1 unspecified atom stereocenters. The number of hydrogen-bond acceptors (Lipinski definition) is 5. The van der Waals surface area contributed by atoms with E-state index >= 15 is 0 Å². The molecule has 2 amide bonds. The fraction of sp³-hybridized carbons (Fsp3) is 0.406. The van der Waals surface area contributed by atoms with Crippen molar-refractivity contribution in [1.29, 1.82) is 0 Å². The maximum Gasteiger partial charge on any atom is 0.342 e. The summed E-state index contributed by atoms with van der Waals surface area (Å²) in [7, 11) is 0. The zero-order valence-corrected chi connectivity index (χ0v) is 23.7. The van der Waals surface area contributed by atoms with Crippen molar-refractivity contribution in [2.45, 2.75) is 58.6 Å². The highest BCUT2D eigenvalue weighted by Gasteiger charge is 2.37. The zero-order valence-electron chi connectivity index (χ0n) is 23.7. The smallest absolute Gasteiger partial charge is 0.342 e. The average Bonchev–Trinajstić information content (AvgIpc) is 3.25. The van der Waals surface area contributed by atoms with Gasteiger partial charge in [0.2, 0.25) is 5.91 Å². The molecule has 210 valence electrons. The molecule has 8 heteroatoms. The minimum Gasteiger partial charge on any atom is -0.459 e. The van der Waals surface area contributed by atoms with E-state index in [1.807, 2.05) is 56.3 Å². The first-order valence-corrected chi connectivity index (χ1v) is 14.0. The highest BCUT2D eigenvalue weighted by molar-refractivity contribution is 6.18. The lowest BCUT2D eigenvalue weighted by Crippen LogP contribution is -2.40. The molecule has 2 aliphatic heterocycles. The number of benzene rings is 2. The third kappa shape index (κ3) is 5.54. The van der Waals surface area contributed by atoms with Crippen molar-refractivity contribution in [3.63, 3.8) is 0 Å². The van der Waals surface area contributed by atoms with E-state index in [0.29, 0.717) is 36.5 Å². The number of carbonyl (C=O) groups excluding carboxylic acids is 3. The summed E-state index contributed by atoms with van der Waals surface area (Å²) >= 11 is 0. The van der Waals surface area contributed by atoms with Crippen molar-refractivity contribution in [3.05, 3.63) is 77.1 Å². The molecule has 1 aromatic heterocycles. The largest absolute Gasteiger partial charge is 0.459 e. The van der Waals surface area contributed by atoms with Gasteiger partial charge in [-0.3, -0.25) is 14.5 Å². The highest BCUT2D eigenvalue weighted by atomic mass is 16.5. The van der Waals surface area contributed by atoms with Gasteiger partial charge in [0.1, 0.15) is 0 Å². The van der Waals surface area contributed by atoms with E-state index in [-0.39, 0.29) is 23.8 Å². The van der Waals surface area contributed by atoms with Crippen LogP contribution in [0.2, 0.25) is 0 Å². The number of H-pyrrole nitrogens is 1. The first kappa shape index (κ1) is 27.6. The monoisotopic (exact) mass is 542 g/mol. The van der Waals surface area contributed by atoms with Crippen molar-refractivity contribution >= 4 is 34.3 Å². The normalized spacial score (nSPS) is 19.2. The summed E-state index contributed by atoms with van der Waals surface area (Å²) < 4.78 is 5.63. The predicted molar refractivity (Wildman–Crippen MR) is 155 cm³/mol. The van der Waals surface area contributed by atoms with Crippen molar-refractivity contribution in [2.75, 3.05) is 19.6 Å². The van der Waals surface area contributed by atoms with Gasteiger partial charge in [0.25, 0.3) is 5.91 Å². The summed E-state index contributed by atoms with van der Waals surface area (Å²) in [4.78, 5) is 46.4. The number of fused-ring (bicyclic) bond motifs is 3. The SMILES string of the molecule is CC(C)OC(=O)C1=CN(C(=O)c2cccc(CN3CCCC(C(N)=O)C3)c2)CC(C)(C)c2c1[nH]c1ccccc21. The summed E-state index contributed by atoms with van der Waals surface area (Å²) in [6.07, 6.45) is 3.08. The van der Waals surface area contributed by atoms with Crippen molar-refractivity contribution in [3.8, 4) is 0 Å². The van der Waals surface area contributed by atoms with E-state index in [4.69, 9.17) is 10.5 Å². The first-order valence-electron chi connectivity index (χ1n) is 14.0. The number of hydrogen-bond donors (Lipinski definition) is 2. The number of nitrogens with zero attached hydrogens (tertiary/aromatic N) is 2. The van der Waals surface area contributed by atoms with Crippen LogP contribution in [0, 0.1) is 5.92 Å². The van der Waals surface area contributed by atoms with E-state index in [1.54, 1.807) is 17.2 Å². The quantitative estimate of drug-likeness (QED) is 0.443. The number of esters is 1. The maximum atomic E-state index is 14.0. The summed E-state index contributed by atoms with van der Waals surface area (Å²) in [5.74, 6) is -1.05. The second kappa shape index (κ2) is 10.9. The number of carbonyl (C=O) groups is 3. The van der Waals surface area contributed by atoms with E-state index < -0.39 is 11.4 Å². The molecule has 8 nitrogen and oxygen atoms in total. The number of primary amides is 1. The Bertz CT molecular complexity index is 1490. The van der Waals surface area contributed by atoms with Crippen molar-refractivity contribution in [2.24, 2.45) is 11.7 Å². The Morgan fingerprint density at radius 2 is 1.90 bits per heavy atom. The van der Waals surface area contributed by atoms with Gasteiger partial charge in [-0.25, -0.2) is 4.79 Å². The molecule has 3 N–H and O–H groups in total. The molecule has 0 bridgehead atoms. The van der Waals surface area contributed by atoms with E-state index in [2.05, 4.69) is 23.7 Å². The Morgan fingerprint density at radius 1 is 1.12 bits per heavy atom. The number of nitrogens with one attached hydrogen (secondary N) is 1. The molecule has 3 aromatic rings. The summed E-state index contributed by atoms with van der Waals surface area (Å²) in [6.45, 7) is 10.4. The van der Waals surface area contributed by atoms with Crippen LogP contribution in [0.4, 0.5) is 0 Å². The Hall–Kier alpha value is -3.91. The summed E-state index contributed by atoms with van der Waals surface area (Å²) in [6, 6.07) is 15.6. The van der Waals surface area contributed by atoms with Gasteiger partial charge in [0, 0.05) is 47.7 Å². The fourth-order valence-corrected chi connectivity index (χ4v) is 6.04. The van der Waals surface area contributed by atoms with Crippen LogP contribution in [0.15, 0.2) is 54.7 Å². The number of nitrogens with two attached hydrogens (primary N) is 1. The topological polar surface area (TPSA) is 109 Å². The van der Waals surface area contributed by atoms with Crippen LogP contribution >= 0.6 is 0 Å². The lowest BCUT2D eigenvalue weighted by Gasteiger charge is -2.31. The Morgan fingerprint density at radius 3 is 2.65 bits per heavy atom. The summed E-state index contributed by atoms with van der Waals surface area (Å²) in [5.41, 5.74) is 9.59. The second-order valence-corrected chi connectivity index (χ2v) is 11.9. The number of likely N-dealkylation sites (tertiary alicyclic amines) is 1. The Kier molecular flexibility index (Phi) is 7.55. The second-order valence-electron chi connectivity index (χ2n) is 11.9. The van der Waals surface area contributed by atoms with Crippen LogP contribution in [0.5, 0.6) is 0 Å². The lowest BCUT2D eigenvalue weighted by atomic mass is 9.81. The van der Waals surface area contributed by atoms with Crippen LogP contribution in [0.1, 0.15) is 67.7 Å². The standard InChI is InChI=1S/C32H38N4O4/c1-20(2)40-31(39)25-18-36(19-32(3,4)27-24-12-5-6-13-26(24)34-28(25)27)30(38)22-10-7-9-21(15-22)16-35-14-8-11-23(17-35)29(33)37/h5-7,9-10,12-13,15,18,20,23,34H,8,11,14,16-17,19H2,1-4H3,(H2,33,37). The van der Waals surface area contributed by atoms with Crippen molar-refractivity contribution < 1.29 is 19.1 Å². The molecule has 0 aliphatic carbocycles. The highest BCUT2D eigenvalue weighted by Crippen LogP contribution is 2.40. The molecule has 1 fully saturated rings. The van der Waals surface area contributed by atoms with E-state index in [1.165, 1.54) is 0 Å². The number of para-hydroxylation sites is 1. The first-order chi connectivity index (χ1) is 19.0. The molecule has 1 atom stereocenters. The third-order valence-corrected chi connectivity index (χ3v) is 7.81. The fourth-order valence-electron chi connectivity index (χ4n) is 6.04. The van der Waals surface area contributed by atoms with E-state index in [9.17, 15) is 14.4 Å². The average molecular weight is 543 g/mol. The van der Waals surface area contributed by atoms with Gasteiger partial charge in [0.15, 0.2) is 0 Å². The molecule has 2 aliphatic rings. The molecule has 2 aromatic carbocycles. The number of rotatable bonds is 6. The summed E-state index contributed by atoms with van der Waals surface area (Å²) in [5, 5.41) is 1.03. The van der Waals surface area contributed by atoms with Gasteiger partial charge >= 0.3 is 5.97 Å². The van der Waals surface area contributed by atoms with Gasteiger partial charge in [-0.1, -0.05) is 44.2 Å². The van der Waals surface area contributed by atoms with Crippen LogP contribution in [-0.4, -0.2) is 58.3 Å². The van der Waals surface area contributed by atoms with Gasteiger partial charge < -0.3 is 20.4 Å². The third-order valence-electron chi connectivity index (χ3n) is 7.81. The number of amides is 2. The molecule has 1 saturated heterocycles. The molecule has 5 rings (SSSR count). The van der Waals surface area contributed by atoms with Gasteiger partial charge in [-0.05, 0) is 62.6 Å². The minimum absolute atomic E-state index is 0.139. The molecular formula is C32H38N4O4. The Labute approximate surface area is 235 Å². The number of aromatic nitrogens is 1. The van der Waals surface area contributed by atoms with E-state index in [0.717, 1.165) is 41.4 Å². The van der Waals surface area contributed by atoms with Gasteiger partial charge in [-0.15, -0.1) is 0 Å². The lowest BCUT2D eigenvalue weighted by molar-refractivity contribution is -0.140. The molecule has 3 heterocycles.